The van der Waals surface area contributed by atoms with Crippen molar-refractivity contribution < 1.29 is 0 Å². The average molecular weight is 266 g/mol. The van der Waals surface area contributed by atoms with E-state index in [-0.39, 0.29) is 0 Å². The second kappa shape index (κ2) is 7.08. The lowest BCUT2D eigenvalue weighted by atomic mass is 9.69. The van der Waals surface area contributed by atoms with Crippen molar-refractivity contribution in [3.05, 3.63) is 0 Å². The second-order valence-electron chi connectivity index (χ2n) is 7.29. The van der Waals surface area contributed by atoms with Gasteiger partial charge in [0.2, 0.25) is 0 Å². The molecular weight excluding hydrogens is 232 g/mol. The molecule has 19 heavy (non-hydrogen) atoms. The van der Waals surface area contributed by atoms with Crippen LogP contribution in [-0.4, -0.2) is 37.6 Å². The predicted molar refractivity (Wildman–Crippen MR) is 83.5 cm³/mol. The Morgan fingerprint density at radius 2 is 2.05 bits per heavy atom. The summed E-state index contributed by atoms with van der Waals surface area (Å²) >= 11 is 0. The molecule has 2 atom stereocenters. The first-order valence-electron chi connectivity index (χ1n) is 8.58. The molecule has 2 nitrogen and oxygen atoms in total. The predicted octanol–water partition coefficient (Wildman–Crippen LogP) is 3.67. The summed E-state index contributed by atoms with van der Waals surface area (Å²) in [5.74, 6) is 0.925. The van der Waals surface area contributed by atoms with Crippen molar-refractivity contribution in [3.8, 4) is 0 Å². The van der Waals surface area contributed by atoms with Gasteiger partial charge in [0.25, 0.3) is 0 Å². The Balaban J connectivity index is 1.96. The lowest BCUT2D eigenvalue weighted by Crippen LogP contribution is -2.47. The Morgan fingerprint density at radius 1 is 1.26 bits per heavy atom. The number of nitrogens with one attached hydrogen (secondary N) is 1. The van der Waals surface area contributed by atoms with Gasteiger partial charge < -0.3 is 5.32 Å². The molecular formula is C17H34N2. The maximum atomic E-state index is 3.49. The summed E-state index contributed by atoms with van der Waals surface area (Å²) in [6, 6.07) is 0.928. The third kappa shape index (κ3) is 4.46. The van der Waals surface area contributed by atoms with Crippen LogP contribution in [0.25, 0.3) is 0 Å². The van der Waals surface area contributed by atoms with Gasteiger partial charge in [-0.1, -0.05) is 33.1 Å². The van der Waals surface area contributed by atoms with Gasteiger partial charge in [-0.3, -0.25) is 4.90 Å². The van der Waals surface area contributed by atoms with E-state index in [0.29, 0.717) is 5.41 Å². The van der Waals surface area contributed by atoms with Crippen LogP contribution >= 0.6 is 0 Å². The van der Waals surface area contributed by atoms with Crippen molar-refractivity contribution in [3.63, 3.8) is 0 Å². The van der Waals surface area contributed by atoms with Crippen molar-refractivity contribution in [1.82, 2.24) is 10.2 Å². The van der Waals surface area contributed by atoms with E-state index in [1.807, 2.05) is 0 Å². The van der Waals surface area contributed by atoms with Crippen LogP contribution in [0.3, 0.4) is 0 Å². The third-order valence-corrected chi connectivity index (χ3v) is 5.14. The van der Waals surface area contributed by atoms with Gasteiger partial charge in [-0.2, -0.15) is 0 Å². The van der Waals surface area contributed by atoms with Crippen LogP contribution in [0.15, 0.2) is 0 Å². The molecule has 0 aliphatic heterocycles. The van der Waals surface area contributed by atoms with E-state index in [2.05, 4.69) is 31.1 Å². The molecule has 2 aliphatic rings. The van der Waals surface area contributed by atoms with Crippen molar-refractivity contribution in [2.24, 2.45) is 11.3 Å². The normalized spacial score (nSPS) is 31.9. The van der Waals surface area contributed by atoms with E-state index in [1.54, 1.807) is 0 Å². The molecule has 0 aromatic carbocycles. The van der Waals surface area contributed by atoms with Gasteiger partial charge >= 0.3 is 0 Å². The van der Waals surface area contributed by atoms with E-state index < -0.39 is 0 Å². The standard InChI is InChI=1S/C17H34N2/c1-4-5-11-19(16-8-9-16)14-17(13-18-3)10-6-7-15(2)12-17/h15-16,18H,4-14H2,1-3H3. The Hall–Kier alpha value is -0.0800. The maximum absolute atomic E-state index is 3.49. The number of hydrogen-bond donors (Lipinski definition) is 1. The first-order chi connectivity index (χ1) is 9.19. The molecule has 0 aromatic heterocycles. The van der Waals surface area contributed by atoms with Crippen LogP contribution in [0.5, 0.6) is 0 Å². The fourth-order valence-electron chi connectivity index (χ4n) is 4.13. The van der Waals surface area contributed by atoms with Gasteiger partial charge in [0.05, 0.1) is 0 Å². The minimum Gasteiger partial charge on any atom is -0.319 e. The molecule has 0 radical (unpaired) electrons. The van der Waals surface area contributed by atoms with E-state index in [1.165, 1.54) is 71.0 Å². The number of hydrogen-bond acceptors (Lipinski definition) is 2. The quantitative estimate of drug-likeness (QED) is 0.721. The van der Waals surface area contributed by atoms with Crippen molar-refractivity contribution in [2.75, 3.05) is 26.7 Å². The molecule has 2 saturated carbocycles. The number of rotatable bonds is 8. The van der Waals surface area contributed by atoms with Crippen LogP contribution in [0.1, 0.15) is 65.2 Å². The van der Waals surface area contributed by atoms with Crippen molar-refractivity contribution in [2.45, 2.75) is 71.3 Å². The minimum atomic E-state index is 0.558. The van der Waals surface area contributed by atoms with E-state index in [9.17, 15) is 0 Å². The largest absolute Gasteiger partial charge is 0.319 e. The van der Waals surface area contributed by atoms with Crippen LogP contribution in [0, 0.1) is 11.3 Å². The highest BCUT2D eigenvalue weighted by atomic mass is 15.2. The minimum absolute atomic E-state index is 0.558. The number of unbranched alkanes of at least 4 members (excludes halogenated alkanes) is 1. The Bertz CT molecular complexity index is 258. The lowest BCUT2D eigenvalue weighted by molar-refractivity contribution is 0.0768. The Morgan fingerprint density at radius 3 is 2.63 bits per heavy atom. The van der Waals surface area contributed by atoms with E-state index >= 15 is 0 Å². The molecule has 1 N–H and O–H groups in total. The van der Waals surface area contributed by atoms with E-state index in [4.69, 9.17) is 0 Å². The summed E-state index contributed by atoms with van der Waals surface area (Å²) in [5.41, 5.74) is 0.558. The fraction of sp³-hybridized carbons (Fsp3) is 1.00. The molecule has 112 valence electrons. The molecule has 2 rings (SSSR count). The monoisotopic (exact) mass is 266 g/mol. The third-order valence-electron chi connectivity index (χ3n) is 5.14. The van der Waals surface area contributed by atoms with Crippen LogP contribution in [0.4, 0.5) is 0 Å². The van der Waals surface area contributed by atoms with Crippen LogP contribution in [0.2, 0.25) is 0 Å². The molecule has 0 aromatic rings. The summed E-state index contributed by atoms with van der Waals surface area (Å²) in [7, 11) is 2.13. The molecule has 0 bridgehead atoms. The molecule has 0 saturated heterocycles. The van der Waals surface area contributed by atoms with Gasteiger partial charge in [0, 0.05) is 19.1 Å². The topological polar surface area (TPSA) is 15.3 Å². The molecule has 2 fully saturated rings. The van der Waals surface area contributed by atoms with Crippen LogP contribution < -0.4 is 5.32 Å². The summed E-state index contributed by atoms with van der Waals surface area (Å²) in [5, 5.41) is 3.49. The summed E-state index contributed by atoms with van der Waals surface area (Å²) < 4.78 is 0. The molecule has 0 spiro atoms. The van der Waals surface area contributed by atoms with Gasteiger partial charge in [-0.05, 0) is 57.0 Å². The first-order valence-corrected chi connectivity index (χ1v) is 8.58. The molecule has 0 heterocycles. The zero-order chi connectivity index (χ0) is 13.7. The maximum Gasteiger partial charge on any atom is 0.00966 e. The van der Waals surface area contributed by atoms with Crippen molar-refractivity contribution >= 4 is 0 Å². The second-order valence-corrected chi connectivity index (χ2v) is 7.29. The van der Waals surface area contributed by atoms with Gasteiger partial charge in [-0.25, -0.2) is 0 Å². The highest BCUT2D eigenvalue weighted by Gasteiger charge is 2.39. The summed E-state index contributed by atoms with van der Waals surface area (Å²) in [6.07, 6.45) is 11.4. The van der Waals surface area contributed by atoms with Crippen LogP contribution in [-0.2, 0) is 0 Å². The molecule has 2 aliphatic carbocycles. The zero-order valence-corrected chi connectivity index (χ0v) is 13.4. The smallest absolute Gasteiger partial charge is 0.00966 e. The fourth-order valence-corrected chi connectivity index (χ4v) is 4.13. The lowest BCUT2D eigenvalue weighted by Gasteiger charge is -2.43. The first kappa shape index (κ1) is 15.3. The Labute approximate surface area is 120 Å². The SMILES string of the molecule is CCCCN(CC1(CNC)CCCC(C)C1)C1CC1. The molecule has 2 heteroatoms. The van der Waals surface area contributed by atoms with Crippen molar-refractivity contribution in [1.29, 1.82) is 0 Å². The average Bonchev–Trinajstić information content (AvgIpc) is 3.19. The molecule has 2 unspecified atom stereocenters. The van der Waals surface area contributed by atoms with Gasteiger partial charge in [0.15, 0.2) is 0 Å². The summed E-state index contributed by atoms with van der Waals surface area (Å²) in [4.78, 5) is 2.83. The highest BCUT2D eigenvalue weighted by molar-refractivity contribution is 4.94. The molecule has 0 amide bonds. The van der Waals surface area contributed by atoms with Gasteiger partial charge in [0.1, 0.15) is 0 Å². The summed E-state index contributed by atoms with van der Waals surface area (Å²) in [6.45, 7) is 8.67. The number of nitrogens with zero attached hydrogens (tertiary/aromatic N) is 1. The van der Waals surface area contributed by atoms with E-state index in [0.717, 1.165) is 12.0 Å². The zero-order valence-electron chi connectivity index (χ0n) is 13.4. The van der Waals surface area contributed by atoms with Gasteiger partial charge in [-0.15, -0.1) is 0 Å². The highest BCUT2D eigenvalue weighted by Crippen LogP contribution is 2.41. The Kier molecular flexibility index (Phi) is 5.70.